The molecule has 1 aliphatic heterocycles. The number of nitrogens with zero attached hydrogens (tertiary/aromatic N) is 1. The molecule has 2 N–H and O–H groups in total. The number of benzene rings is 1. The molecule has 1 aliphatic rings. The Morgan fingerprint density at radius 1 is 1.14 bits per heavy atom. The summed E-state index contributed by atoms with van der Waals surface area (Å²) >= 11 is 0. The minimum absolute atomic E-state index is 0.0735. The van der Waals surface area contributed by atoms with Gasteiger partial charge in [-0.2, -0.15) is 0 Å². The van der Waals surface area contributed by atoms with E-state index >= 15 is 0 Å². The van der Waals surface area contributed by atoms with E-state index in [1.165, 1.54) is 32.5 Å². The van der Waals surface area contributed by atoms with Gasteiger partial charge >= 0.3 is 6.03 Å². The first-order chi connectivity index (χ1) is 10.7. The number of nitrogens with one attached hydrogen (secondary N) is 2. The lowest BCUT2D eigenvalue weighted by molar-refractivity contribution is 0.189. The van der Waals surface area contributed by atoms with Crippen molar-refractivity contribution in [3.63, 3.8) is 0 Å². The van der Waals surface area contributed by atoms with Crippen molar-refractivity contribution >= 4 is 6.03 Å². The van der Waals surface area contributed by atoms with Gasteiger partial charge in [0, 0.05) is 13.1 Å². The summed E-state index contributed by atoms with van der Waals surface area (Å²) in [4.78, 5) is 14.2. The molecule has 2 amide bonds. The van der Waals surface area contributed by atoms with Gasteiger partial charge in [-0.25, -0.2) is 4.79 Å². The normalized spacial score (nSPS) is 16.4. The second-order valence-electron chi connectivity index (χ2n) is 6.33. The number of carbonyl (C=O) groups excluding carboxylic acids is 1. The van der Waals surface area contributed by atoms with Gasteiger partial charge in [-0.1, -0.05) is 37.3 Å². The van der Waals surface area contributed by atoms with E-state index in [2.05, 4.69) is 22.5 Å². The number of hydrogen-bond acceptors (Lipinski definition) is 2. The van der Waals surface area contributed by atoms with Crippen LogP contribution in [0.4, 0.5) is 4.79 Å². The summed E-state index contributed by atoms with van der Waals surface area (Å²) in [7, 11) is 0. The fourth-order valence-electron chi connectivity index (χ4n) is 2.79. The molecule has 2 rings (SSSR count). The number of rotatable bonds is 7. The maximum atomic E-state index is 11.7. The number of hydrogen-bond donors (Lipinski definition) is 2. The number of piperidine rings is 1. The van der Waals surface area contributed by atoms with Crippen LogP contribution in [-0.2, 0) is 6.54 Å². The smallest absolute Gasteiger partial charge is 0.315 e. The highest BCUT2D eigenvalue weighted by atomic mass is 16.2. The minimum Gasteiger partial charge on any atom is -0.338 e. The van der Waals surface area contributed by atoms with Gasteiger partial charge in [0.15, 0.2) is 0 Å². The zero-order valence-electron chi connectivity index (χ0n) is 13.7. The van der Waals surface area contributed by atoms with Gasteiger partial charge in [0.2, 0.25) is 0 Å². The number of likely N-dealkylation sites (tertiary alicyclic amines) is 1. The van der Waals surface area contributed by atoms with Gasteiger partial charge in [0.25, 0.3) is 0 Å². The zero-order chi connectivity index (χ0) is 15.6. The third kappa shape index (κ3) is 6.48. The molecule has 0 aromatic heterocycles. The lowest BCUT2D eigenvalue weighted by atomic mass is 9.99. The average molecular weight is 303 g/mol. The molecule has 0 unspecified atom stereocenters. The maximum absolute atomic E-state index is 11.7. The van der Waals surface area contributed by atoms with Crippen molar-refractivity contribution in [2.45, 2.75) is 39.2 Å². The van der Waals surface area contributed by atoms with Crippen LogP contribution in [0.25, 0.3) is 0 Å². The Bertz CT molecular complexity index is 427. The highest BCUT2D eigenvalue weighted by Gasteiger charge is 2.14. The van der Waals surface area contributed by atoms with E-state index in [1.54, 1.807) is 0 Å². The predicted octanol–water partition coefficient (Wildman–Crippen LogP) is 3.00. The Morgan fingerprint density at radius 3 is 2.59 bits per heavy atom. The highest BCUT2D eigenvalue weighted by Crippen LogP contribution is 2.15. The summed E-state index contributed by atoms with van der Waals surface area (Å²) in [5.74, 6) is 0.895. The molecule has 122 valence electrons. The summed E-state index contributed by atoms with van der Waals surface area (Å²) < 4.78 is 0. The third-order valence-electron chi connectivity index (χ3n) is 4.36. The van der Waals surface area contributed by atoms with E-state index in [1.807, 2.05) is 30.3 Å². The van der Waals surface area contributed by atoms with Crippen LogP contribution < -0.4 is 10.6 Å². The van der Waals surface area contributed by atoms with Crippen molar-refractivity contribution in [1.29, 1.82) is 0 Å². The first kappa shape index (κ1) is 16.8. The van der Waals surface area contributed by atoms with Gasteiger partial charge in [-0.15, -0.1) is 0 Å². The SMILES string of the molecule is CC1CCN(CCCCNC(=O)NCc2ccccc2)CC1. The van der Waals surface area contributed by atoms with E-state index in [4.69, 9.17) is 0 Å². The van der Waals surface area contributed by atoms with Crippen LogP contribution in [0.2, 0.25) is 0 Å². The maximum Gasteiger partial charge on any atom is 0.315 e. The van der Waals surface area contributed by atoms with Crippen molar-refractivity contribution in [3.05, 3.63) is 35.9 Å². The fourth-order valence-corrected chi connectivity index (χ4v) is 2.79. The Balaban J connectivity index is 1.47. The number of urea groups is 1. The topological polar surface area (TPSA) is 44.4 Å². The fraction of sp³-hybridized carbons (Fsp3) is 0.611. The molecule has 1 saturated heterocycles. The number of unbranched alkanes of at least 4 members (excludes halogenated alkanes) is 1. The summed E-state index contributed by atoms with van der Waals surface area (Å²) in [5.41, 5.74) is 1.12. The molecule has 1 aromatic rings. The number of carbonyl (C=O) groups is 1. The molecule has 0 saturated carbocycles. The van der Waals surface area contributed by atoms with E-state index in [9.17, 15) is 4.79 Å². The van der Waals surface area contributed by atoms with Crippen molar-refractivity contribution < 1.29 is 4.79 Å². The second-order valence-corrected chi connectivity index (χ2v) is 6.33. The van der Waals surface area contributed by atoms with Crippen LogP contribution in [0.1, 0.15) is 38.2 Å². The monoisotopic (exact) mass is 303 g/mol. The number of amides is 2. The van der Waals surface area contributed by atoms with Crippen LogP contribution in [0.3, 0.4) is 0 Å². The third-order valence-corrected chi connectivity index (χ3v) is 4.36. The molecule has 1 aromatic carbocycles. The molecule has 0 radical (unpaired) electrons. The first-order valence-corrected chi connectivity index (χ1v) is 8.52. The molecular weight excluding hydrogens is 274 g/mol. The largest absolute Gasteiger partial charge is 0.338 e. The standard InChI is InChI=1S/C18H29N3O/c1-16-9-13-21(14-10-16)12-6-5-11-19-18(22)20-15-17-7-3-2-4-8-17/h2-4,7-8,16H,5-6,9-15H2,1H3,(H2,19,20,22). The van der Waals surface area contributed by atoms with Gasteiger partial charge < -0.3 is 15.5 Å². The molecule has 1 heterocycles. The van der Waals surface area contributed by atoms with Crippen LogP contribution in [0, 0.1) is 5.92 Å². The summed E-state index contributed by atoms with van der Waals surface area (Å²) in [6.45, 7) is 7.33. The Kier molecular flexibility index (Phi) is 7.23. The molecule has 0 spiro atoms. The molecule has 4 nitrogen and oxygen atoms in total. The first-order valence-electron chi connectivity index (χ1n) is 8.52. The van der Waals surface area contributed by atoms with Crippen LogP contribution in [-0.4, -0.2) is 37.1 Å². The van der Waals surface area contributed by atoms with Crippen molar-refractivity contribution in [2.75, 3.05) is 26.2 Å². The van der Waals surface area contributed by atoms with Gasteiger partial charge in [-0.05, 0) is 56.8 Å². The van der Waals surface area contributed by atoms with E-state index in [-0.39, 0.29) is 6.03 Å². The minimum atomic E-state index is -0.0735. The van der Waals surface area contributed by atoms with Gasteiger partial charge in [0.1, 0.15) is 0 Å². The van der Waals surface area contributed by atoms with Crippen LogP contribution in [0.15, 0.2) is 30.3 Å². The molecule has 0 bridgehead atoms. The summed E-state index contributed by atoms with van der Waals surface area (Å²) in [6.07, 6.45) is 4.87. The molecule has 22 heavy (non-hydrogen) atoms. The van der Waals surface area contributed by atoms with Crippen molar-refractivity contribution in [3.8, 4) is 0 Å². The molecule has 0 aliphatic carbocycles. The lowest BCUT2D eigenvalue weighted by Gasteiger charge is -2.30. The van der Waals surface area contributed by atoms with Gasteiger partial charge in [-0.3, -0.25) is 0 Å². The van der Waals surface area contributed by atoms with Crippen molar-refractivity contribution in [1.82, 2.24) is 15.5 Å². The Labute approximate surface area is 134 Å². The molecule has 0 atom stereocenters. The lowest BCUT2D eigenvalue weighted by Crippen LogP contribution is -2.36. The Hall–Kier alpha value is -1.55. The zero-order valence-corrected chi connectivity index (χ0v) is 13.7. The quantitative estimate of drug-likeness (QED) is 0.761. The predicted molar refractivity (Wildman–Crippen MR) is 90.8 cm³/mol. The van der Waals surface area contributed by atoms with E-state index in [0.29, 0.717) is 6.54 Å². The van der Waals surface area contributed by atoms with Crippen LogP contribution >= 0.6 is 0 Å². The molecular formula is C18H29N3O. The highest BCUT2D eigenvalue weighted by molar-refractivity contribution is 5.73. The molecule has 1 fully saturated rings. The van der Waals surface area contributed by atoms with Crippen LogP contribution in [0.5, 0.6) is 0 Å². The van der Waals surface area contributed by atoms with E-state index < -0.39 is 0 Å². The summed E-state index contributed by atoms with van der Waals surface area (Å²) in [5, 5.41) is 5.81. The second kappa shape index (κ2) is 9.46. The Morgan fingerprint density at radius 2 is 1.86 bits per heavy atom. The average Bonchev–Trinajstić information content (AvgIpc) is 2.55. The summed E-state index contributed by atoms with van der Waals surface area (Å²) in [6, 6.07) is 9.90. The van der Waals surface area contributed by atoms with Crippen molar-refractivity contribution in [2.24, 2.45) is 5.92 Å². The van der Waals surface area contributed by atoms with E-state index in [0.717, 1.165) is 30.9 Å². The van der Waals surface area contributed by atoms with Gasteiger partial charge in [0.05, 0.1) is 0 Å². The molecule has 4 heteroatoms.